The van der Waals surface area contributed by atoms with Crippen molar-refractivity contribution in [3.8, 4) is 0 Å². The van der Waals surface area contributed by atoms with Gasteiger partial charge in [-0.1, -0.05) is 214 Å². The molecule has 0 aliphatic carbocycles. The fourth-order valence-corrected chi connectivity index (χ4v) is 8.28. The molecule has 0 rings (SSSR count). The average molecular weight is 764 g/mol. The van der Waals surface area contributed by atoms with Gasteiger partial charge < -0.3 is 14.4 Å². The number of carbonyl (C=O) groups is 1. The second-order valence-corrected chi connectivity index (χ2v) is 17.6. The van der Waals surface area contributed by atoms with Gasteiger partial charge in [0.2, 0.25) is 0 Å². The molecule has 1 unspecified atom stereocenters. The monoisotopic (exact) mass is 764 g/mol. The van der Waals surface area contributed by atoms with Gasteiger partial charge in [-0.05, 0) is 76.4 Å². The van der Waals surface area contributed by atoms with E-state index < -0.39 is 0 Å². The Morgan fingerprint density at radius 2 is 0.778 bits per heavy atom. The molecule has 0 radical (unpaired) electrons. The normalized spacial score (nSPS) is 12.5. The van der Waals surface area contributed by atoms with Crippen LogP contribution in [0.4, 0.5) is 0 Å². The third-order valence-corrected chi connectivity index (χ3v) is 12.4. The van der Waals surface area contributed by atoms with Crippen LogP contribution < -0.4 is 0 Å². The van der Waals surface area contributed by atoms with Crippen molar-refractivity contribution in [3.05, 3.63) is 0 Å². The molecule has 0 fully saturated rings. The first-order valence-corrected chi connectivity index (χ1v) is 24.9. The minimum Gasteiger partial charge on any atom is -0.466 e. The predicted molar refractivity (Wildman–Crippen MR) is 240 cm³/mol. The summed E-state index contributed by atoms with van der Waals surface area (Å²) in [5, 5.41) is 0. The Bertz CT molecular complexity index is 709. The van der Waals surface area contributed by atoms with Crippen LogP contribution in [0.15, 0.2) is 0 Å². The van der Waals surface area contributed by atoms with E-state index in [0.717, 1.165) is 38.0 Å². The van der Waals surface area contributed by atoms with E-state index in [4.69, 9.17) is 9.47 Å². The quantitative estimate of drug-likeness (QED) is 0.0457. The van der Waals surface area contributed by atoms with Gasteiger partial charge in [0.15, 0.2) is 0 Å². The van der Waals surface area contributed by atoms with Gasteiger partial charge in [-0.2, -0.15) is 0 Å². The Morgan fingerprint density at radius 3 is 1.22 bits per heavy atom. The molecule has 0 aliphatic heterocycles. The van der Waals surface area contributed by atoms with Crippen LogP contribution in [-0.2, 0) is 14.3 Å². The van der Waals surface area contributed by atoms with Crippen LogP contribution in [-0.4, -0.2) is 50.8 Å². The van der Waals surface area contributed by atoms with Gasteiger partial charge in [-0.15, -0.1) is 0 Å². The largest absolute Gasteiger partial charge is 0.466 e. The lowest BCUT2D eigenvalue weighted by Crippen LogP contribution is -2.21. The number of rotatable bonds is 45. The molecule has 0 spiro atoms. The molecule has 4 nitrogen and oxygen atoms in total. The summed E-state index contributed by atoms with van der Waals surface area (Å²) in [7, 11) is 2.28. The second kappa shape index (κ2) is 43.5. The fraction of sp³-hybridized carbons (Fsp3) is 0.980. The third kappa shape index (κ3) is 38.3. The first kappa shape index (κ1) is 53.4. The highest BCUT2D eigenvalue weighted by molar-refractivity contribution is 5.69. The van der Waals surface area contributed by atoms with Crippen LogP contribution in [0.2, 0.25) is 0 Å². The lowest BCUT2D eigenvalue weighted by atomic mass is 9.91. The lowest BCUT2D eigenvalue weighted by Gasteiger charge is -2.21. The van der Waals surface area contributed by atoms with Crippen LogP contribution in [0.25, 0.3) is 0 Å². The number of carbonyl (C=O) groups excluding carboxylic acids is 1. The van der Waals surface area contributed by atoms with E-state index in [1.165, 1.54) is 218 Å². The summed E-state index contributed by atoms with van der Waals surface area (Å²) < 4.78 is 11.8. The minimum absolute atomic E-state index is 0.0497. The van der Waals surface area contributed by atoms with Gasteiger partial charge in [0.1, 0.15) is 0 Å². The average Bonchev–Trinajstić information content (AvgIpc) is 3.17. The number of hydrogen-bond donors (Lipinski definition) is 0. The maximum atomic E-state index is 12.5. The molecule has 0 amide bonds. The Kier molecular flexibility index (Phi) is 43.0. The molecule has 0 saturated carbocycles. The van der Waals surface area contributed by atoms with Crippen molar-refractivity contribution in [2.45, 2.75) is 259 Å². The maximum Gasteiger partial charge on any atom is 0.306 e. The zero-order valence-electron chi connectivity index (χ0n) is 38.2. The van der Waals surface area contributed by atoms with Crippen LogP contribution in [0, 0.1) is 17.8 Å². The topological polar surface area (TPSA) is 38.8 Å². The van der Waals surface area contributed by atoms with Crippen molar-refractivity contribution in [2.24, 2.45) is 17.8 Å². The third-order valence-electron chi connectivity index (χ3n) is 12.4. The summed E-state index contributed by atoms with van der Waals surface area (Å²) in [5.41, 5.74) is 0. The summed E-state index contributed by atoms with van der Waals surface area (Å²) in [6.45, 7) is 16.4. The first-order valence-electron chi connectivity index (χ1n) is 24.9. The number of unbranched alkanes of at least 4 members (excludes halogenated alkanes) is 20. The number of hydrogen-bond acceptors (Lipinski definition) is 4. The highest BCUT2D eigenvalue weighted by Crippen LogP contribution is 2.24. The van der Waals surface area contributed by atoms with E-state index in [9.17, 15) is 4.79 Å². The Labute approximate surface area is 341 Å². The molecule has 0 aromatic rings. The molecule has 0 N–H and O–H groups in total. The summed E-state index contributed by atoms with van der Waals surface area (Å²) >= 11 is 0. The fourth-order valence-electron chi connectivity index (χ4n) is 8.28. The zero-order valence-corrected chi connectivity index (χ0v) is 38.2. The van der Waals surface area contributed by atoms with Gasteiger partial charge in [-0.25, -0.2) is 0 Å². The second-order valence-electron chi connectivity index (χ2n) is 17.6. The Hall–Kier alpha value is -0.610. The molecular formula is C50H101NO3. The highest BCUT2D eigenvalue weighted by atomic mass is 16.5. The molecule has 0 aromatic carbocycles. The van der Waals surface area contributed by atoms with Crippen LogP contribution >= 0.6 is 0 Å². The van der Waals surface area contributed by atoms with Gasteiger partial charge >= 0.3 is 5.97 Å². The van der Waals surface area contributed by atoms with Gasteiger partial charge in [0.05, 0.1) is 6.61 Å². The molecule has 0 aromatic heterocycles. The smallest absolute Gasteiger partial charge is 0.306 e. The highest BCUT2D eigenvalue weighted by Gasteiger charge is 2.15. The summed E-state index contributed by atoms with van der Waals surface area (Å²) in [4.78, 5) is 15.0. The van der Waals surface area contributed by atoms with Crippen molar-refractivity contribution in [1.82, 2.24) is 4.90 Å². The molecular weight excluding hydrogens is 663 g/mol. The van der Waals surface area contributed by atoms with Gasteiger partial charge in [0, 0.05) is 19.6 Å². The molecule has 54 heavy (non-hydrogen) atoms. The standard InChI is InChI=1S/C50H101NO3/c1-7-12-26-34-48(35-27-13-8-2)41-45-53-43-32-24-20-16-18-22-30-36-47(40-42-51(6)11-5)37-31-23-19-17-21-25-33-44-54-50(52)46-49(38-28-14-9-3)39-29-15-10-4/h47-49H,7-46H2,1-6H3. The van der Waals surface area contributed by atoms with Gasteiger partial charge in [-0.3, -0.25) is 4.79 Å². The summed E-state index contributed by atoms with van der Waals surface area (Å²) in [6, 6.07) is 0. The molecule has 0 heterocycles. The van der Waals surface area contributed by atoms with Crippen molar-refractivity contribution in [3.63, 3.8) is 0 Å². The van der Waals surface area contributed by atoms with Crippen molar-refractivity contribution in [2.75, 3.05) is 40.0 Å². The molecule has 324 valence electrons. The van der Waals surface area contributed by atoms with E-state index in [1.54, 1.807) is 0 Å². The molecule has 0 bridgehead atoms. The van der Waals surface area contributed by atoms with Gasteiger partial charge in [0.25, 0.3) is 0 Å². The predicted octanol–water partition coefficient (Wildman–Crippen LogP) is 16.1. The Balaban J connectivity index is 3.98. The zero-order chi connectivity index (χ0) is 39.6. The van der Waals surface area contributed by atoms with Crippen LogP contribution in [0.3, 0.4) is 0 Å². The van der Waals surface area contributed by atoms with Crippen molar-refractivity contribution in [1.29, 1.82) is 0 Å². The summed E-state index contributed by atoms with van der Waals surface area (Å²) in [6.07, 6.45) is 45.8. The number of esters is 1. The van der Waals surface area contributed by atoms with E-state index in [2.05, 4.69) is 46.6 Å². The summed E-state index contributed by atoms with van der Waals surface area (Å²) in [5.74, 6) is 2.38. The molecule has 0 saturated heterocycles. The molecule has 0 aliphatic rings. The first-order chi connectivity index (χ1) is 26.5. The van der Waals surface area contributed by atoms with Crippen molar-refractivity contribution < 1.29 is 14.3 Å². The van der Waals surface area contributed by atoms with Crippen LogP contribution in [0.1, 0.15) is 259 Å². The van der Waals surface area contributed by atoms with E-state index in [-0.39, 0.29) is 5.97 Å². The van der Waals surface area contributed by atoms with E-state index in [0.29, 0.717) is 18.9 Å². The maximum absolute atomic E-state index is 12.5. The SMILES string of the molecule is CCCCCC(CCCCC)CCOCCCCCCCCCC(CCCCCCCCCOC(=O)CC(CCCCC)CCCCC)CCN(C)CC. The number of ether oxygens (including phenoxy) is 2. The lowest BCUT2D eigenvalue weighted by molar-refractivity contribution is -0.145. The van der Waals surface area contributed by atoms with Crippen LogP contribution in [0.5, 0.6) is 0 Å². The minimum atomic E-state index is 0.0497. The molecule has 4 heteroatoms. The van der Waals surface area contributed by atoms with E-state index in [1.807, 2.05) is 0 Å². The van der Waals surface area contributed by atoms with E-state index >= 15 is 0 Å². The number of nitrogens with zero attached hydrogens (tertiary/aromatic N) is 1. The Morgan fingerprint density at radius 1 is 0.407 bits per heavy atom. The molecule has 1 atom stereocenters. The van der Waals surface area contributed by atoms with Crippen molar-refractivity contribution >= 4 is 5.97 Å².